The number of thioether (sulfide) groups is 1. The summed E-state index contributed by atoms with van der Waals surface area (Å²) < 4.78 is -0.0192. The average Bonchev–Trinajstić information content (AvgIpc) is 2.80. The van der Waals surface area contributed by atoms with E-state index in [0.717, 1.165) is 31.6 Å². The van der Waals surface area contributed by atoms with Crippen LogP contribution in [0.4, 0.5) is 0 Å². The Morgan fingerprint density at radius 3 is 2.95 bits per heavy atom. The van der Waals surface area contributed by atoms with E-state index in [1.165, 1.54) is 12.1 Å². The summed E-state index contributed by atoms with van der Waals surface area (Å²) >= 11 is 1.92. The van der Waals surface area contributed by atoms with Gasteiger partial charge in [0.25, 0.3) is 0 Å². The summed E-state index contributed by atoms with van der Waals surface area (Å²) in [6.07, 6.45) is 13.2. The van der Waals surface area contributed by atoms with Gasteiger partial charge < -0.3 is 5.32 Å². The molecule has 2 aliphatic heterocycles. The number of carbonyl (C=O) groups is 1. The number of nitrogens with zero attached hydrogens (tertiary/aromatic N) is 1. The van der Waals surface area contributed by atoms with Crippen molar-refractivity contribution in [2.75, 3.05) is 12.3 Å². The minimum Gasteiger partial charge on any atom is -0.353 e. The van der Waals surface area contributed by atoms with Crippen molar-refractivity contribution in [3.05, 3.63) is 24.3 Å². The van der Waals surface area contributed by atoms with Gasteiger partial charge in [0.15, 0.2) is 0 Å². The summed E-state index contributed by atoms with van der Waals surface area (Å²) in [5, 5.41) is 3.25. The molecule has 3 atom stereocenters. The third-order valence-electron chi connectivity index (χ3n) is 5.16. The maximum Gasteiger partial charge on any atom is 0.224 e. The van der Waals surface area contributed by atoms with Crippen molar-refractivity contribution in [3.8, 4) is 0 Å². The molecule has 0 bridgehead atoms. The standard InChI is InChI=1S/C16H20N2OS.ClH/c19-15(18-11-4-3-5-11)12-10-20-16-8-2-1-6-14(16)17-9-7-13(12)16;/h1-2,6,8,11-13H,3-5,7,9-10H2,(H,18,19);1H. The molecule has 4 aliphatic rings. The van der Waals surface area contributed by atoms with Crippen molar-refractivity contribution in [2.45, 2.75) is 36.5 Å². The number of nitrogens with one attached hydrogen (secondary N) is 1. The Morgan fingerprint density at radius 2 is 2.19 bits per heavy atom. The lowest BCUT2D eigenvalue weighted by Crippen LogP contribution is -2.49. The third-order valence-corrected chi connectivity index (χ3v) is 6.81. The minimum atomic E-state index is -0.0192. The lowest BCUT2D eigenvalue weighted by molar-refractivity contribution is -0.127. The molecule has 4 rings (SSSR count). The number of hydrogen-bond acceptors (Lipinski definition) is 3. The second kappa shape index (κ2) is 5.81. The Bertz CT molecular complexity index is 526. The SMILES string of the molecule is Cl.O=C(NC1CCC1)C1CSC23C=CC=CC2=NCCC13. The molecule has 3 unspecified atom stereocenters. The van der Waals surface area contributed by atoms with Crippen LogP contribution >= 0.6 is 24.2 Å². The van der Waals surface area contributed by atoms with E-state index in [1.54, 1.807) is 0 Å². The highest BCUT2D eigenvalue weighted by Crippen LogP contribution is 2.52. The highest BCUT2D eigenvalue weighted by molar-refractivity contribution is 8.02. The zero-order valence-corrected chi connectivity index (χ0v) is 13.6. The Labute approximate surface area is 136 Å². The van der Waals surface area contributed by atoms with E-state index in [1.807, 2.05) is 11.8 Å². The number of allylic oxidation sites excluding steroid dienone is 3. The molecule has 1 saturated heterocycles. The van der Waals surface area contributed by atoms with Gasteiger partial charge in [-0.05, 0) is 37.7 Å². The summed E-state index contributed by atoms with van der Waals surface area (Å²) in [6.45, 7) is 0.869. The van der Waals surface area contributed by atoms with E-state index in [-0.39, 0.29) is 29.0 Å². The van der Waals surface area contributed by atoms with Crippen molar-refractivity contribution >= 4 is 35.8 Å². The molecule has 114 valence electrons. The van der Waals surface area contributed by atoms with Crippen molar-refractivity contribution < 1.29 is 4.79 Å². The molecule has 2 aliphatic carbocycles. The molecule has 2 fully saturated rings. The van der Waals surface area contributed by atoms with Crippen molar-refractivity contribution in [1.29, 1.82) is 0 Å². The van der Waals surface area contributed by atoms with Crippen LogP contribution in [-0.4, -0.2) is 34.7 Å². The molecular formula is C16H21ClN2OS. The Morgan fingerprint density at radius 1 is 1.33 bits per heavy atom. The van der Waals surface area contributed by atoms with Crippen LogP contribution in [0, 0.1) is 11.8 Å². The van der Waals surface area contributed by atoms with Gasteiger partial charge in [0, 0.05) is 18.3 Å². The second-order valence-electron chi connectivity index (χ2n) is 6.23. The monoisotopic (exact) mass is 324 g/mol. The fourth-order valence-electron chi connectivity index (χ4n) is 3.78. The Kier molecular flexibility index (Phi) is 4.19. The number of amides is 1. The average molecular weight is 325 g/mol. The molecule has 1 spiro atoms. The van der Waals surface area contributed by atoms with E-state index in [9.17, 15) is 4.79 Å². The Hall–Kier alpha value is -0.740. The van der Waals surface area contributed by atoms with Crippen molar-refractivity contribution in [3.63, 3.8) is 0 Å². The van der Waals surface area contributed by atoms with Gasteiger partial charge in [0.05, 0.1) is 16.4 Å². The number of aliphatic imine (C=N–C) groups is 1. The van der Waals surface area contributed by atoms with Crippen LogP contribution < -0.4 is 5.32 Å². The van der Waals surface area contributed by atoms with Crippen LogP contribution in [0.3, 0.4) is 0 Å². The number of hydrogen-bond donors (Lipinski definition) is 1. The fraction of sp³-hybridized carbons (Fsp3) is 0.625. The van der Waals surface area contributed by atoms with Crippen molar-refractivity contribution in [1.82, 2.24) is 5.32 Å². The second-order valence-corrected chi connectivity index (χ2v) is 7.52. The maximum absolute atomic E-state index is 12.6. The third kappa shape index (κ3) is 2.36. The quantitative estimate of drug-likeness (QED) is 0.848. The van der Waals surface area contributed by atoms with E-state index in [2.05, 4.69) is 29.6 Å². The first-order chi connectivity index (χ1) is 9.79. The van der Waals surface area contributed by atoms with E-state index in [0.29, 0.717) is 12.0 Å². The van der Waals surface area contributed by atoms with Crippen LogP contribution in [0.15, 0.2) is 29.3 Å². The Balaban J connectivity index is 0.00000132. The predicted octanol–water partition coefficient (Wildman–Crippen LogP) is 2.77. The number of halogens is 1. The molecule has 21 heavy (non-hydrogen) atoms. The van der Waals surface area contributed by atoms with Crippen LogP contribution in [0.25, 0.3) is 0 Å². The van der Waals surface area contributed by atoms with E-state index in [4.69, 9.17) is 4.99 Å². The molecule has 1 amide bonds. The summed E-state index contributed by atoms with van der Waals surface area (Å²) in [4.78, 5) is 17.3. The van der Waals surface area contributed by atoms with Crippen LogP contribution in [0.2, 0.25) is 0 Å². The van der Waals surface area contributed by atoms with E-state index < -0.39 is 0 Å². The van der Waals surface area contributed by atoms with Gasteiger partial charge in [-0.1, -0.05) is 18.2 Å². The molecule has 3 nitrogen and oxygen atoms in total. The lowest BCUT2D eigenvalue weighted by atomic mass is 9.73. The molecular weight excluding hydrogens is 304 g/mol. The van der Waals surface area contributed by atoms with Crippen LogP contribution in [-0.2, 0) is 4.79 Å². The van der Waals surface area contributed by atoms with Crippen LogP contribution in [0.1, 0.15) is 25.7 Å². The first kappa shape index (κ1) is 15.2. The highest BCUT2D eigenvalue weighted by Gasteiger charge is 2.54. The smallest absolute Gasteiger partial charge is 0.224 e. The van der Waals surface area contributed by atoms with Gasteiger partial charge >= 0.3 is 0 Å². The lowest BCUT2D eigenvalue weighted by Gasteiger charge is -2.38. The zero-order valence-electron chi connectivity index (χ0n) is 12.0. The normalized spacial score (nSPS) is 36.9. The first-order valence-corrected chi connectivity index (χ1v) is 8.63. The molecule has 1 N–H and O–H groups in total. The topological polar surface area (TPSA) is 41.5 Å². The minimum absolute atomic E-state index is 0. The van der Waals surface area contributed by atoms with Gasteiger partial charge in [0.1, 0.15) is 0 Å². The number of carbonyl (C=O) groups excluding carboxylic acids is 1. The van der Waals surface area contributed by atoms with Crippen molar-refractivity contribution in [2.24, 2.45) is 16.8 Å². The highest BCUT2D eigenvalue weighted by atomic mass is 35.5. The first-order valence-electron chi connectivity index (χ1n) is 7.65. The molecule has 0 radical (unpaired) electrons. The van der Waals surface area contributed by atoms with Gasteiger partial charge in [-0.3, -0.25) is 9.79 Å². The summed E-state index contributed by atoms with van der Waals surface area (Å²) in [5.41, 5.74) is 1.18. The van der Waals surface area contributed by atoms with Crippen LogP contribution in [0.5, 0.6) is 0 Å². The molecule has 5 heteroatoms. The van der Waals surface area contributed by atoms with Gasteiger partial charge in [-0.2, -0.15) is 0 Å². The fourth-order valence-corrected chi connectivity index (χ4v) is 5.57. The molecule has 0 aromatic rings. The zero-order chi connectivity index (χ0) is 13.6. The summed E-state index contributed by atoms with van der Waals surface area (Å²) in [6, 6.07) is 0.447. The molecule has 2 heterocycles. The van der Waals surface area contributed by atoms with Gasteiger partial charge in [0.2, 0.25) is 5.91 Å². The molecule has 0 aromatic carbocycles. The van der Waals surface area contributed by atoms with Gasteiger partial charge in [-0.15, -0.1) is 24.2 Å². The largest absolute Gasteiger partial charge is 0.353 e. The predicted molar refractivity (Wildman–Crippen MR) is 90.4 cm³/mol. The molecule has 0 aromatic heterocycles. The van der Waals surface area contributed by atoms with Gasteiger partial charge in [-0.25, -0.2) is 0 Å². The van der Waals surface area contributed by atoms with E-state index >= 15 is 0 Å². The maximum atomic E-state index is 12.6. The summed E-state index contributed by atoms with van der Waals surface area (Å²) in [5.74, 6) is 1.79. The summed E-state index contributed by atoms with van der Waals surface area (Å²) in [7, 11) is 0. The number of rotatable bonds is 2. The molecule has 1 saturated carbocycles.